The lowest BCUT2D eigenvalue weighted by Crippen LogP contribution is -2.10. The molecule has 1 heterocycles. The standard InChI is InChI=1S/C24H21N3O/c1-16-3-5-18(6-4-16)19-7-9-20(10-8-19)23-15-17(2)26-27(23)22-13-11-21(12-14-22)24(25)28/h3-15H,1-2H3,(H2,25,28). The van der Waals surface area contributed by atoms with Gasteiger partial charge in [0.05, 0.1) is 17.1 Å². The second-order valence-corrected chi connectivity index (χ2v) is 6.94. The molecule has 4 rings (SSSR count). The van der Waals surface area contributed by atoms with E-state index >= 15 is 0 Å². The molecule has 0 fully saturated rings. The van der Waals surface area contributed by atoms with E-state index in [0.717, 1.165) is 22.6 Å². The first-order valence-electron chi connectivity index (χ1n) is 9.16. The molecule has 4 aromatic rings. The van der Waals surface area contributed by atoms with E-state index < -0.39 is 5.91 Å². The van der Waals surface area contributed by atoms with Gasteiger partial charge >= 0.3 is 0 Å². The summed E-state index contributed by atoms with van der Waals surface area (Å²) in [6.45, 7) is 4.06. The van der Waals surface area contributed by atoms with Gasteiger partial charge in [-0.2, -0.15) is 5.10 Å². The maximum absolute atomic E-state index is 11.3. The SMILES string of the molecule is Cc1ccc(-c2ccc(-c3cc(C)nn3-c3ccc(C(N)=O)cc3)cc2)cc1. The molecule has 1 amide bonds. The van der Waals surface area contributed by atoms with E-state index in [9.17, 15) is 4.79 Å². The van der Waals surface area contributed by atoms with Crippen molar-refractivity contribution in [1.29, 1.82) is 0 Å². The van der Waals surface area contributed by atoms with Gasteiger partial charge in [0.15, 0.2) is 0 Å². The zero-order valence-electron chi connectivity index (χ0n) is 15.9. The smallest absolute Gasteiger partial charge is 0.248 e. The van der Waals surface area contributed by atoms with E-state index in [1.54, 1.807) is 12.1 Å². The highest BCUT2D eigenvalue weighted by atomic mass is 16.1. The maximum atomic E-state index is 11.3. The molecule has 0 aliphatic rings. The van der Waals surface area contributed by atoms with Crippen LogP contribution in [0.1, 0.15) is 21.6 Å². The molecule has 0 aliphatic carbocycles. The third-order valence-corrected chi connectivity index (χ3v) is 4.79. The monoisotopic (exact) mass is 367 g/mol. The number of aryl methyl sites for hydroxylation is 2. The summed E-state index contributed by atoms with van der Waals surface area (Å²) in [5.74, 6) is -0.435. The van der Waals surface area contributed by atoms with E-state index in [0.29, 0.717) is 5.56 Å². The summed E-state index contributed by atoms with van der Waals surface area (Å²) in [6, 6.07) is 26.2. The summed E-state index contributed by atoms with van der Waals surface area (Å²) in [7, 11) is 0. The molecule has 2 N–H and O–H groups in total. The molecule has 0 saturated carbocycles. The van der Waals surface area contributed by atoms with Crippen LogP contribution in [0.3, 0.4) is 0 Å². The van der Waals surface area contributed by atoms with Gasteiger partial charge in [0.25, 0.3) is 0 Å². The topological polar surface area (TPSA) is 60.9 Å². The highest BCUT2D eigenvalue weighted by Crippen LogP contribution is 2.27. The molecule has 0 saturated heterocycles. The summed E-state index contributed by atoms with van der Waals surface area (Å²) in [4.78, 5) is 11.3. The van der Waals surface area contributed by atoms with Crippen LogP contribution in [0.4, 0.5) is 0 Å². The van der Waals surface area contributed by atoms with Gasteiger partial charge in [-0.15, -0.1) is 0 Å². The van der Waals surface area contributed by atoms with Crippen molar-refractivity contribution in [2.75, 3.05) is 0 Å². The molecule has 0 atom stereocenters. The lowest BCUT2D eigenvalue weighted by atomic mass is 10.0. The van der Waals surface area contributed by atoms with Crippen LogP contribution in [-0.2, 0) is 0 Å². The van der Waals surface area contributed by atoms with E-state index in [2.05, 4.69) is 66.6 Å². The second-order valence-electron chi connectivity index (χ2n) is 6.94. The van der Waals surface area contributed by atoms with Gasteiger partial charge in [0.2, 0.25) is 5.91 Å². The highest BCUT2D eigenvalue weighted by Gasteiger charge is 2.11. The number of rotatable bonds is 4. The number of carbonyl (C=O) groups is 1. The Hall–Kier alpha value is -3.66. The van der Waals surface area contributed by atoms with Crippen molar-refractivity contribution in [1.82, 2.24) is 9.78 Å². The molecule has 138 valence electrons. The summed E-state index contributed by atoms with van der Waals surface area (Å²) in [5, 5.41) is 4.62. The van der Waals surface area contributed by atoms with Crippen LogP contribution >= 0.6 is 0 Å². The Labute approximate surface area is 164 Å². The lowest BCUT2D eigenvalue weighted by Gasteiger charge is -2.09. The summed E-state index contributed by atoms with van der Waals surface area (Å²) in [6.07, 6.45) is 0. The molecule has 0 aliphatic heterocycles. The minimum atomic E-state index is -0.435. The Bertz CT molecular complexity index is 1120. The van der Waals surface area contributed by atoms with E-state index in [1.807, 2.05) is 23.7 Å². The van der Waals surface area contributed by atoms with Gasteiger partial charge in [0.1, 0.15) is 0 Å². The Morgan fingerprint density at radius 3 is 1.89 bits per heavy atom. The number of amides is 1. The first kappa shape index (κ1) is 17.7. The van der Waals surface area contributed by atoms with Gasteiger partial charge < -0.3 is 5.73 Å². The molecule has 3 aromatic carbocycles. The van der Waals surface area contributed by atoms with Crippen LogP contribution in [0.5, 0.6) is 0 Å². The van der Waals surface area contributed by atoms with Gasteiger partial charge in [-0.25, -0.2) is 4.68 Å². The van der Waals surface area contributed by atoms with Crippen molar-refractivity contribution in [2.45, 2.75) is 13.8 Å². The molecular formula is C24H21N3O. The van der Waals surface area contributed by atoms with Gasteiger partial charge in [-0.05, 0) is 55.3 Å². The maximum Gasteiger partial charge on any atom is 0.248 e. The average molecular weight is 367 g/mol. The Kier molecular flexibility index (Phi) is 4.53. The molecule has 0 spiro atoms. The van der Waals surface area contributed by atoms with Crippen LogP contribution in [0, 0.1) is 13.8 Å². The number of nitrogens with two attached hydrogens (primary N) is 1. The van der Waals surface area contributed by atoms with E-state index in [1.165, 1.54) is 16.7 Å². The van der Waals surface area contributed by atoms with Crippen molar-refractivity contribution >= 4 is 5.91 Å². The van der Waals surface area contributed by atoms with Crippen LogP contribution < -0.4 is 5.73 Å². The van der Waals surface area contributed by atoms with E-state index in [-0.39, 0.29) is 0 Å². The third kappa shape index (κ3) is 3.45. The van der Waals surface area contributed by atoms with Crippen molar-refractivity contribution < 1.29 is 4.79 Å². The van der Waals surface area contributed by atoms with Gasteiger partial charge in [0, 0.05) is 11.1 Å². The Morgan fingerprint density at radius 1 is 0.786 bits per heavy atom. The zero-order valence-corrected chi connectivity index (χ0v) is 15.9. The first-order chi connectivity index (χ1) is 13.5. The molecule has 4 heteroatoms. The van der Waals surface area contributed by atoms with Crippen LogP contribution in [0.2, 0.25) is 0 Å². The lowest BCUT2D eigenvalue weighted by molar-refractivity contribution is 0.100. The fourth-order valence-corrected chi connectivity index (χ4v) is 3.25. The van der Waals surface area contributed by atoms with Crippen molar-refractivity contribution in [2.24, 2.45) is 5.73 Å². The fraction of sp³-hybridized carbons (Fsp3) is 0.0833. The highest BCUT2D eigenvalue weighted by molar-refractivity contribution is 5.92. The number of primary amides is 1. The first-order valence-corrected chi connectivity index (χ1v) is 9.16. The Morgan fingerprint density at radius 2 is 1.32 bits per heavy atom. The second kappa shape index (κ2) is 7.16. The largest absolute Gasteiger partial charge is 0.366 e. The number of hydrogen-bond donors (Lipinski definition) is 1. The number of aromatic nitrogens is 2. The van der Waals surface area contributed by atoms with Gasteiger partial charge in [-0.1, -0.05) is 54.1 Å². The molecule has 0 bridgehead atoms. The molecule has 1 aromatic heterocycles. The summed E-state index contributed by atoms with van der Waals surface area (Å²) >= 11 is 0. The van der Waals surface area contributed by atoms with Crippen molar-refractivity contribution in [3.8, 4) is 28.1 Å². The molecule has 0 unspecified atom stereocenters. The minimum Gasteiger partial charge on any atom is -0.366 e. The summed E-state index contributed by atoms with van der Waals surface area (Å²) < 4.78 is 1.89. The molecule has 4 nitrogen and oxygen atoms in total. The summed E-state index contributed by atoms with van der Waals surface area (Å²) in [5.41, 5.74) is 13.3. The zero-order chi connectivity index (χ0) is 19.7. The van der Waals surface area contributed by atoms with E-state index in [4.69, 9.17) is 5.73 Å². The number of carbonyl (C=O) groups excluding carboxylic acids is 1. The van der Waals surface area contributed by atoms with Crippen LogP contribution in [0.25, 0.3) is 28.1 Å². The molecular weight excluding hydrogens is 346 g/mol. The van der Waals surface area contributed by atoms with Crippen molar-refractivity contribution in [3.05, 3.63) is 95.7 Å². The average Bonchev–Trinajstić information content (AvgIpc) is 3.10. The number of hydrogen-bond acceptors (Lipinski definition) is 2. The predicted octanol–water partition coefficient (Wildman–Crippen LogP) is 4.92. The molecule has 0 radical (unpaired) electrons. The van der Waals surface area contributed by atoms with Crippen molar-refractivity contribution in [3.63, 3.8) is 0 Å². The number of benzene rings is 3. The van der Waals surface area contributed by atoms with Crippen LogP contribution in [-0.4, -0.2) is 15.7 Å². The third-order valence-electron chi connectivity index (χ3n) is 4.79. The minimum absolute atomic E-state index is 0.435. The van der Waals surface area contributed by atoms with Gasteiger partial charge in [-0.3, -0.25) is 4.79 Å². The Balaban J connectivity index is 1.70. The molecule has 28 heavy (non-hydrogen) atoms. The van der Waals surface area contributed by atoms with Crippen LogP contribution in [0.15, 0.2) is 78.9 Å². The normalized spacial score (nSPS) is 10.8. The quantitative estimate of drug-likeness (QED) is 0.556. The number of nitrogens with zero attached hydrogens (tertiary/aromatic N) is 2. The fourth-order valence-electron chi connectivity index (χ4n) is 3.25. The predicted molar refractivity (Wildman–Crippen MR) is 112 cm³/mol.